The first kappa shape index (κ1) is 13.8. The molecule has 1 saturated heterocycles. The zero-order valence-corrected chi connectivity index (χ0v) is 11.7. The van der Waals surface area contributed by atoms with E-state index in [-0.39, 0.29) is 12.1 Å². The minimum atomic E-state index is 0.0811. The Bertz CT molecular complexity index is 401. The molecule has 1 aromatic heterocycles. The number of hydrogen-bond donors (Lipinski definition) is 2. The van der Waals surface area contributed by atoms with Crippen LogP contribution >= 0.6 is 11.6 Å². The third-order valence-corrected chi connectivity index (χ3v) is 4.04. The smallest absolute Gasteiger partial charge is 0.0847 e. The van der Waals surface area contributed by atoms with Crippen LogP contribution < -0.4 is 11.3 Å². The summed E-state index contributed by atoms with van der Waals surface area (Å²) in [7, 11) is 1.91. The monoisotopic (exact) mass is 272 g/mol. The van der Waals surface area contributed by atoms with Gasteiger partial charge in [0.2, 0.25) is 0 Å². The van der Waals surface area contributed by atoms with Crippen LogP contribution in [0.2, 0.25) is 5.02 Å². The van der Waals surface area contributed by atoms with Crippen LogP contribution in [0.25, 0.3) is 0 Å². The van der Waals surface area contributed by atoms with Gasteiger partial charge in [-0.25, -0.2) is 0 Å². The van der Waals surface area contributed by atoms with Gasteiger partial charge in [0, 0.05) is 20.1 Å². The van der Waals surface area contributed by atoms with Gasteiger partial charge in [0.25, 0.3) is 0 Å². The summed E-state index contributed by atoms with van der Waals surface area (Å²) in [5, 5.41) is 5.05. The molecule has 102 valence electrons. The van der Waals surface area contributed by atoms with Crippen molar-refractivity contribution in [1.82, 2.24) is 15.2 Å². The van der Waals surface area contributed by atoms with Crippen LogP contribution in [-0.2, 0) is 18.2 Å². The lowest BCUT2D eigenvalue weighted by molar-refractivity contribution is -0.00777. The molecule has 0 radical (unpaired) electrons. The zero-order valence-electron chi connectivity index (χ0n) is 10.9. The maximum absolute atomic E-state index is 6.26. The van der Waals surface area contributed by atoms with Gasteiger partial charge in [0.05, 0.1) is 28.6 Å². The van der Waals surface area contributed by atoms with E-state index in [1.54, 1.807) is 0 Å². The van der Waals surface area contributed by atoms with Crippen molar-refractivity contribution in [1.29, 1.82) is 0 Å². The van der Waals surface area contributed by atoms with Crippen LogP contribution in [0.3, 0.4) is 0 Å². The lowest BCUT2D eigenvalue weighted by Crippen LogP contribution is -2.48. The van der Waals surface area contributed by atoms with Crippen molar-refractivity contribution in [3.8, 4) is 0 Å². The highest BCUT2D eigenvalue weighted by atomic mass is 35.5. The SMILES string of the molecule is Cc1nn(C)c(CC(NN)C2CCCCO2)c1Cl. The van der Waals surface area contributed by atoms with E-state index < -0.39 is 0 Å². The van der Waals surface area contributed by atoms with Gasteiger partial charge in [0.1, 0.15) is 0 Å². The number of nitrogens with zero attached hydrogens (tertiary/aromatic N) is 2. The molecule has 0 spiro atoms. The van der Waals surface area contributed by atoms with E-state index in [1.165, 1.54) is 6.42 Å². The van der Waals surface area contributed by atoms with Crippen molar-refractivity contribution in [2.24, 2.45) is 12.9 Å². The number of rotatable bonds is 4. The Hall–Kier alpha value is -0.620. The third kappa shape index (κ3) is 2.85. The summed E-state index contributed by atoms with van der Waals surface area (Å²) in [4.78, 5) is 0. The third-order valence-electron chi connectivity index (χ3n) is 3.55. The van der Waals surface area contributed by atoms with E-state index in [0.717, 1.165) is 42.3 Å². The minimum Gasteiger partial charge on any atom is -0.377 e. The predicted octanol–water partition coefficient (Wildman–Crippen LogP) is 1.33. The molecule has 0 amide bonds. The summed E-state index contributed by atoms with van der Waals surface area (Å²) in [6.07, 6.45) is 4.27. The van der Waals surface area contributed by atoms with E-state index in [9.17, 15) is 0 Å². The summed E-state index contributed by atoms with van der Waals surface area (Å²) in [6.45, 7) is 2.73. The van der Waals surface area contributed by atoms with Crippen LogP contribution in [0.15, 0.2) is 0 Å². The molecular weight excluding hydrogens is 252 g/mol. The number of nitrogens with one attached hydrogen (secondary N) is 1. The van der Waals surface area contributed by atoms with Gasteiger partial charge in [-0.05, 0) is 26.2 Å². The number of aryl methyl sites for hydroxylation is 2. The van der Waals surface area contributed by atoms with Crippen molar-refractivity contribution in [3.05, 3.63) is 16.4 Å². The Morgan fingerprint density at radius 3 is 2.89 bits per heavy atom. The summed E-state index contributed by atoms with van der Waals surface area (Å²) < 4.78 is 7.60. The van der Waals surface area contributed by atoms with E-state index in [0.29, 0.717) is 0 Å². The van der Waals surface area contributed by atoms with Gasteiger partial charge in [-0.2, -0.15) is 5.10 Å². The predicted molar refractivity (Wildman–Crippen MR) is 71.4 cm³/mol. The maximum Gasteiger partial charge on any atom is 0.0847 e. The second-order valence-corrected chi connectivity index (χ2v) is 5.23. The van der Waals surface area contributed by atoms with Crippen molar-refractivity contribution in [3.63, 3.8) is 0 Å². The van der Waals surface area contributed by atoms with Gasteiger partial charge in [0.15, 0.2) is 0 Å². The Morgan fingerprint density at radius 1 is 1.61 bits per heavy atom. The first-order valence-electron chi connectivity index (χ1n) is 6.39. The van der Waals surface area contributed by atoms with Crippen molar-refractivity contribution in [2.75, 3.05) is 6.61 Å². The largest absolute Gasteiger partial charge is 0.377 e. The van der Waals surface area contributed by atoms with Gasteiger partial charge < -0.3 is 4.74 Å². The molecule has 1 aromatic rings. The molecule has 2 rings (SSSR count). The molecule has 1 fully saturated rings. The quantitative estimate of drug-likeness (QED) is 0.641. The summed E-state index contributed by atoms with van der Waals surface area (Å²) in [5.41, 5.74) is 4.72. The molecule has 3 N–H and O–H groups in total. The molecule has 2 heterocycles. The number of hydrazine groups is 1. The van der Waals surface area contributed by atoms with Crippen LogP contribution in [-0.4, -0.2) is 28.5 Å². The van der Waals surface area contributed by atoms with E-state index in [1.807, 2.05) is 18.7 Å². The van der Waals surface area contributed by atoms with Gasteiger partial charge in [-0.1, -0.05) is 11.6 Å². The topological polar surface area (TPSA) is 65.1 Å². The lowest BCUT2D eigenvalue weighted by Gasteiger charge is -2.30. The van der Waals surface area contributed by atoms with Crippen molar-refractivity contribution in [2.45, 2.75) is 44.8 Å². The van der Waals surface area contributed by atoms with Crippen molar-refractivity contribution < 1.29 is 4.74 Å². The molecule has 1 aliphatic rings. The number of halogens is 1. The highest BCUT2D eigenvalue weighted by molar-refractivity contribution is 6.31. The van der Waals surface area contributed by atoms with Crippen LogP contribution in [0, 0.1) is 6.92 Å². The number of aromatic nitrogens is 2. The Kier molecular flexibility index (Phi) is 4.61. The average molecular weight is 273 g/mol. The van der Waals surface area contributed by atoms with Gasteiger partial charge in [-0.15, -0.1) is 0 Å². The fourth-order valence-corrected chi connectivity index (χ4v) is 2.73. The Labute approximate surface area is 113 Å². The molecule has 2 atom stereocenters. The highest BCUT2D eigenvalue weighted by Crippen LogP contribution is 2.24. The minimum absolute atomic E-state index is 0.0811. The summed E-state index contributed by atoms with van der Waals surface area (Å²) in [5.74, 6) is 5.66. The average Bonchev–Trinajstić information content (AvgIpc) is 2.62. The second-order valence-electron chi connectivity index (χ2n) is 4.85. The number of nitrogens with two attached hydrogens (primary N) is 1. The van der Waals surface area contributed by atoms with Gasteiger partial charge >= 0.3 is 0 Å². The lowest BCUT2D eigenvalue weighted by atomic mass is 9.98. The first-order valence-corrected chi connectivity index (χ1v) is 6.77. The van der Waals surface area contributed by atoms with Crippen LogP contribution in [0.4, 0.5) is 0 Å². The Morgan fingerprint density at radius 2 is 2.39 bits per heavy atom. The molecule has 2 unspecified atom stereocenters. The fourth-order valence-electron chi connectivity index (χ4n) is 2.49. The highest BCUT2D eigenvalue weighted by Gasteiger charge is 2.26. The molecular formula is C12H21ClN4O. The first-order chi connectivity index (χ1) is 8.63. The fraction of sp³-hybridized carbons (Fsp3) is 0.750. The van der Waals surface area contributed by atoms with E-state index in [4.69, 9.17) is 22.2 Å². The molecule has 6 heteroatoms. The molecule has 18 heavy (non-hydrogen) atoms. The molecule has 0 aliphatic carbocycles. The summed E-state index contributed by atoms with van der Waals surface area (Å²) >= 11 is 6.26. The second kappa shape index (κ2) is 6.02. The summed E-state index contributed by atoms with van der Waals surface area (Å²) in [6, 6.07) is 0.0811. The zero-order chi connectivity index (χ0) is 13.1. The molecule has 5 nitrogen and oxygen atoms in total. The molecule has 1 aliphatic heterocycles. The van der Waals surface area contributed by atoms with Crippen LogP contribution in [0.1, 0.15) is 30.7 Å². The number of ether oxygens (including phenoxy) is 1. The molecule has 0 bridgehead atoms. The standard InChI is InChI=1S/C12H21ClN4O/c1-8-12(13)10(17(2)16-8)7-9(15-14)11-5-3-4-6-18-11/h9,11,15H,3-7,14H2,1-2H3. The number of hydrogen-bond acceptors (Lipinski definition) is 4. The van der Waals surface area contributed by atoms with Crippen molar-refractivity contribution >= 4 is 11.6 Å². The van der Waals surface area contributed by atoms with E-state index in [2.05, 4.69) is 10.5 Å². The normalized spacial score (nSPS) is 22.1. The maximum atomic E-state index is 6.26. The molecule has 0 aromatic carbocycles. The van der Waals surface area contributed by atoms with E-state index >= 15 is 0 Å². The van der Waals surface area contributed by atoms with Gasteiger partial charge in [-0.3, -0.25) is 16.0 Å². The Balaban J connectivity index is 2.09. The molecule has 0 saturated carbocycles. The van der Waals surface area contributed by atoms with Crippen LogP contribution in [0.5, 0.6) is 0 Å².